The normalized spacial score (nSPS) is 15.1. The lowest BCUT2D eigenvalue weighted by Gasteiger charge is -2.20. The van der Waals surface area contributed by atoms with Crippen molar-refractivity contribution in [3.05, 3.63) is 102 Å². The molecular weight excluding hydrogens is 452 g/mol. The Labute approximate surface area is 217 Å². The van der Waals surface area contributed by atoms with Crippen LogP contribution < -0.4 is 5.32 Å². The van der Waals surface area contributed by atoms with Crippen LogP contribution in [-0.4, -0.2) is 22.2 Å². The summed E-state index contributed by atoms with van der Waals surface area (Å²) in [6, 6.07) is 25.8. The molecule has 1 aliphatic rings. The molecule has 0 bridgehead atoms. The quantitative estimate of drug-likeness (QED) is 0.207. The molecule has 6 rings (SSSR count). The van der Waals surface area contributed by atoms with E-state index in [2.05, 4.69) is 108 Å². The summed E-state index contributed by atoms with van der Waals surface area (Å²) in [5.74, 6) is 0. The number of hydrogen-bond donors (Lipinski definition) is 1. The highest BCUT2D eigenvalue weighted by molar-refractivity contribution is 5.94. The maximum atomic E-state index is 4.96. The summed E-state index contributed by atoms with van der Waals surface area (Å²) in [4.78, 5) is 14.5. The van der Waals surface area contributed by atoms with Gasteiger partial charge in [-0.05, 0) is 79.4 Å². The third-order valence-electron chi connectivity index (χ3n) is 6.84. The van der Waals surface area contributed by atoms with E-state index in [0.717, 1.165) is 50.1 Å². The lowest BCUT2D eigenvalue weighted by atomic mass is 9.97. The van der Waals surface area contributed by atoms with E-state index in [4.69, 9.17) is 9.97 Å². The first-order valence-corrected chi connectivity index (χ1v) is 12.6. The van der Waals surface area contributed by atoms with Gasteiger partial charge in [-0.2, -0.15) is 0 Å². The molecule has 0 saturated carbocycles. The molecule has 5 aromatic rings. The molecule has 0 spiro atoms. The van der Waals surface area contributed by atoms with Gasteiger partial charge in [0, 0.05) is 22.7 Å². The Hall–Kier alpha value is -4.57. The van der Waals surface area contributed by atoms with Gasteiger partial charge in [0.1, 0.15) is 0 Å². The standard InChI is InChI=1S/C33H28N4/c1-4-6-27-14-9-25-19-23(11-15-28(25)35-27)24-12-16-29-26(20-24)13-18-30(36-29)31-17-10-22-8-7-21(3)32(34-5-2)33(22)37-31/h4-20,27,35H,1-3H3/b6-4+,34-5?. The molecule has 37 heavy (non-hydrogen) atoms. The second-order valence-corrected chi connectivity index (χ2v) is 9.35. The molecule has 0 fully saturated rings. The summed E-state index contributed by atoms with van der Waals surface area (Å²) >= 11 is 0. The average Bonchev–Trinajstić information content (AvgIpc) is 2.93. The van der Waals surface area contributed by atoms with E-state index in [1.165, 1.54) is 16.7 Å². The van der Waals surface area contributed by atoms with Crippen molar-refractivity contribution in [3.8, 4) is 22.5 Å². The number of nitrogens with one attached hydrogen (secondary N) is 1. The Balaban J connectivity index is 1.35. The number of pyridine rings is 2. The monoisotopic (exact) mass is 480 g/mol. The number of benzene rings is 3. The number of aryl methyl sites for hydroxylation is 1. The van der Waals surface area contributed by atoms with Gasteiger partial charge in [0.2, 0.25) is 0 Å². The lowest BCUT2D eigenvalue weighted by Crippen LogP contribution is -2.17. The average molecular weight is 481 g/mol. The van der Waals surface area contributed by atoms with Crippen molar-refractivity contribution < 1.29 is 0 Å². The maximum absolute atomic E-state index is 4.96. The summed E-state index contributed by atoms with van der Waals surface area (Å²) in [6.45, 7) is 6.04. The third-order valence-corrected chi connectivity index (χ3v) is 6.84. The summed E-state index contributed by atoms with van der Waals surface area (Å²) in [5.41, 5.74) is 10.3. The van der Waals surface area contributed by atoms with Crippen LogP contribution in [0.15, 0.2) is 96.0 Å². The third kappa shape index (κ3) is 4.31. The molecule has 1 N–H and O–H groups in total. The Morgan fingerprint density at radius 2 is 1.57 bits per heavy atom. The van der Waals surface area contributed by atoms with Crippen LogP contribution in [-0.2, 0) is 0 Å². The van der Waals surface area contributed by atoms with Crippen LogP contribution in [0.3, 0.4) is 0 Å². The molecule has 3 heterocycles. The fourth-order valence-corrected chi connectivity index (χ4v) is 4.92. The van der Waals surface area contributed by atoms with Crippen molar-refractivity contribution in [1.29, 1.82) is 0 Å². The van der Waals surface area contributed by atoms with Gasteiger partial charge in [-0.3, -0.25) is 4.99 Å². The number of aromatic nitrogens is 2. The largest absolute Gasteiger partial charge is 0.375 e. The van der Waals surface area contributed by atoms with Crippen LogP contribution in [0.25, 0.3) is 50.4 Å². The van der Waals surface area contributed by atoms with Gasteiger partial charge in [-0.25, -0.2) is 9.97 Å². The number of aliphatic imine (C=N–C) groups is 1. The summed E-state index contributed by atoms with van der Waals surface area (Å²) in [6.07, 6.45) is 10.4. The van der Waals surface area contributed by atoms with Crippen molar-refractivity contribution in [3.63, 3.8) is 0 Å². The Kier molecular flexibility index (Phi) is 5.85. The van der Waals surface area contributed by atoms with Crippen LogP contribution in [0, 0.1) is 6.92 Å². The molecule has 4 heteroatoms. The summed E-state index contributed by atoms with van der Waals surface area (Å²) in [7, 11) is 0. The molecule has 2 aromatic heterocycles. The first-order valence-electron chi connectivity index (χ1n) is 12.6. The number of allylic oxidation sites excluding steroid dienone is 1. The van der Waals surface area contributed by atoms with Gasteiger partial charge in [-0.15, -0.1) is 0 Å². The molecule has 0 aliphatic carbocycles. The van der Waals surface area contributed by atoms with Gasteiger partial charge < -0.3 is 5.32 Å². The molecule has 1 aliphatic heterocycles. The minimum atomic E-state index is 0.247. The van der Waals surface area contributed by atoms with Crippen molar-refractivity contribution >= 4 is 45.5 Å². The van der Waals surface area contributed by atoms with Gasteiger partial charge in [0.25, 0.3) is 0 Å². The predicted molar refractivity (Wildman–Crippen MR) is 158 cm³/mol. The van der Waals surface area contributed by atoms with Gasteiger partial charge >= 0.3 is 0 Å². The molecule has 0 amide bonds. The second-order valence-electron chi connectivity index (χ2n) is 9.35. The highest BCUT2D eigenvalue weighted by atomic mass is 14.9. The van der Waals surface area contributed by atoms with Crippen molar-refractivity contribution in [1.82, 2.24) is 9.97 Å². The minimum Gasteiger partial charge on any atom is -0.375 e. The number of hydrogen-bond acceptors (Lipinski definition) is 4. The van der Waals surface area contributed by atoms with E-state index in [0.29, 0.717) is 0 Å². The molecular formula is C33H28N4. The van der Waals surface area contributed by atoms with E-state index in [9.17, 15) is 0 Å². The summed E-state index contributed by atoms with van der Waals surface area (Å²) in [5, 5.41) is 5.74. The molecule has 1 unspecified atom stereocenters. The van der Waals surface area contributed by atoms with Crippen LogP contribution >= 0.6 is 0 Å². The highest BCUT2D eigenvalue weighted by Crippen LogP contribution is 2.33. The Morgan fingerprint density at radius 3 is 2.41 bits per heavy atom. The van der Waals surface area contributed by atoms with E-state index in [-0.39, 0.29) is 6.04 Å². The van der Waals surface area contributed by atoms with Crippen LogP contribution in [0.4, 0.5) is 11.4 Å². The Morgan fingerprint density at radius 1 is 0.811 bits per heavy atom. The molecule has 3 aromatic carbocycles. The molecule has 1 atom stereocenters. The Bertz CT molecular complexity index is 1740. The zero-order valence-corrected chi connectivity index (χ0v) is 21.2. The maximum Gasteiger partial charge on any atom is 0.0969 e. The summed E-state index contributed by atoms with van der Waals surface area (Å²) < 4.78 is 0. The number of anilines is 1. The molecule has 0 saturated heterocycles. The van der Waals surface area contributed by atoms with E-state index >= 15 is 0 Å². The smallest absolute Gasteiger partial charge is 0.0969 e. The highest BCUT2D eigenvalue weighted by Gasteiger charge is 2.12. The second kappa shape index (κ2) is 9.47. The lowest BCUT2D eigenvalue weighted by molar-refractivity contribution is 1.10. The molecule has 180 valence electrons. The molecule has 4 nitrogen and oxygen atoms in total. The fraction of sp³-hybridized carbons (Fsp3) is 0.121. The van der Waals surface area contributed by atoms with Gasteiger partial charge in [-0.1, -0.05) is 60.7 Å². The van der Waals surface area contributed by atoms with E-state index in [1.807, 2.05) is 26.1 Å². The SMILES string of the molecule is CC=Nc1c(C)ccc2ccc(-c3ccc4cc(-c5ccc6c(c5)C=CC(/C=C/C)N6)ccc4n3)nc12. The topological polar surface area (TPSA) is 50.2 Å². The van der Waals surface area contributed by atoms with Crippen molar-refractivity contribution in [2.24, 2.45) is 4.99 Å². The van der Waals surface area contributed by atoms with Crippen molar-refractivity contribution in [2.75, 3.05) is 5.32 Å². The number of nitrogens with zero attached hydrogens (tertiary/aromatic N) is 3. The van der Waals surface area contributed by atoms with Gasteiger partial charge in [0.15, 0.2) is 0 Å². The van der Waals surface area contributed by atoms with E-state index in [1.54, 1.807) is 0 Å². The minimum absolute atomic E-state index is 0.247. The number of rotatable bonds is 4. The van der Waals surface area contributed by atoms with Crippen LogP contribution in [0.1, 0.15) is 25.0 Å². The zero-order valence-electron chi connectivity index (χ0n) is 21.2. The van der Waals surface area contributed by atoms with Crippen LogP contribution in [0.5, 0.6) is 0 Å². The van der Waals surface area contributed by atoms with Crippen molar-refractivity contribution in [2.45, 2.75) is 26.8 Å². The zero-order chi connectivity index (χ0) is 25.4. The first-order chi connectivity index (χ1) is 18.1. The van der Waals surface area contributed by atoms with Crippen LogP contribution in [0.2, 0.25) is 0 Å². The van der Waals surface area contributed by atoms with E-state index < -0.39 is 0 Å². The molecule has 0 radical (unpaired) electrons. The predicted octanol–water partition coefficient (Wildman–Crippen LogP) is 8.53. The van der Waals surface area contributed by atoms with Gasteiger partial charge in [0.05, 0.1) is 34.2 Å². The first kappa shape index (κ1) is 22.9. The number of fused-ring (bicyclic) bond motifs is 3. The fourth-order valence-electron chi connectivity index (χ4n) is 4.92.